The third-order valence-corrected chi connectivity index (χ3v) is 3.22. The molecule has 0 heterocycles. The number of rotatable bonds is 7. The van der Waals surface area contributed by atoms with Gasteiger partial charge in [0.25, 0.3) is 0 Å². The van der Waals surface area contributed by atoms with E-state index in [-0.39, 0.29) is 0 Å². The van der Waals surface area contributed by atoms with Gasteiger partial charge in [-0.05, 0) is 30.2 Å². The highest BCUT2D eigenvalue weighted by Crippen LogP contribution is 2.08. The van der Waals surface area contributed by atoms with Crippen LogP contribution in [0.5, 0.6) is 5.75 Å². The molecule has 2 rings (SSSR count). The van der Waals surface area contributed by atoms with Crippen LogP contribution in [0, 0.1) is 0 Å². The molecule has 0 spiro atoms. The standard InChI is InChI=1S/C16H20BNO3/c1-18(13-14-5-3-2-4-6-14)11-12-21-16-9-7-15(8-10-16)17(19)20/h2-10,19-20H,11-13H2,1H3. The number of hydrogen-bond acceptors (Lipinski definition) is 4. The Labute approximate surface area is 125 Å². The monoisotopic (exact) mass is 285 g/mol. The van der Waals surface area contributed by atoms with Crippen LogP contribution in [0.4, 0.5) is 0 Å². The summed E-state index contributed by atoms with van der Waals surface area (Å²) >= 11 is 0. The fraction of sp³-hybridized carbons (Fsp3) is 0.250. The predicted molar refractivity (Wildman–Crippen MR) is 84.5 cm³/mol. The van der Waals surface area contributed by atoms with Gasteiger partial charge in [-0.25, -0.2) is 0 Å². The van der Waals surface area contributed by atoms with E-state index in [1.165, 1.54) is 5.56 Å². The molecule has 2 N–H and O–H groups in total. The Hall–Kier alpha value is -1.82. The van der Waals surface area contributed by atoms with E-state index in [4.69, 9.17) is 14.8 Å². The van der Waals surface area contributed by atoms with E-state index in [0.29, 0.717) is 12.1 Å². The first kappa shape index (κ1) is 15.6. The van der Waals surface area contributed by atoms with Crippen molar-refractivity contribution < 1.29 is 14.8 Å². The molecule has 5 heteroatoms. The van der Waals surface area contributed by atoms with E-state index in [1.807, 2.05) is 18.2 Å². The van der Waals surface area contributed by atoms with Gasteiger partial charge in [0.2, 0.25) is 0 Å². The van der Waals surface area contributed by atoms with Gasteiger partial charge in [-0.15, -0.1) is 0 Å². The fourth-order valence-corrected chi connectivity index (χ4v) is 2.03. The minimum Gasteiger partial charge on any atom is -0.492 e. The van der Waals surface area contributed by atoms with Crippen LogP contribution in [0.1, 0.15) is 5.56 Å². The summed E-state index contributed by atoms with van der Waals surface area (Å²) in [6.45, 7) is 2.30. The van der Waals surface area contributed by atoms with Crippen LogP contribution in [0.2, 0.25) is 0 Å². The van der Waals surface area contributed by atoms with Gasteiger partial charge in [0, 0.05) is 13.1 Å². The summed E-state index contributed by atoms with van der Waals surface area (Å²) in [7, 11) is 0.623. The molecule has 0 aliphatic rings. The Morgan fingerprint density at radius 2 is 1.67 bits per heavy atom. The Morgan fingerprint density at radius 1 is 1.00 bits per heavy atom. The molecule has 0 saturated heterocycles. The second-order valence-corrected chi connectivity index (χ2v) is 5.01. The van der Waals surface area contributed by atoms with E-state index in [0.717, 1.165) is 18.8 Å². The zero-order valence-electron chi connectivity index (χ0n) is 12.1. The molecule has 2 aromatic carbocycles. The summed E-state index contributed by atoms with van der Waals surface area (Å²) in [6, 6.07) is 17.1. The van der Waals surface area contributed by atoms with Crippen molar-refractivity contribution in [1.82, 2.24) is 4.90 Å². The molecule has 0 aliphatic heterocycles. The summed E-state index contributed by atoms with van der Waals surface area (Å²) in [5, 5.41) is 18.0. The lowest BCUT2D eigenvalue weighted by molar-refractivity contribution is 0.233. The van der Waals surface area contributed by atoms with Crippen LogP contribution in [-0.4, -0.2) is 42.3 Å². The zero-order chi connectivity index (χ0) is 15.1. The van der Waals surface area contributed by atoms with E-state index >= 15 is 0 Å². The first-order valence-corrected chi connectivity index (χ1v) is 6.96. The van der Waals surface area contributed by atoms with Gasteiger partial charge < -0.3 is 14.8 Å². The molecule has 0 amide bonds. The first-order valence-electron chi connectivity index (χ1n) is 6.96. The molecule has 0 atom stereocenters. The SMILES string of the molecule is CN(CCOc1ccc(B(O)O)cc1)Cc1ccccc1. The van der Waals surface area contributed by atoms with E-state index in [1.54, 1.807) is 24.3 Å². The van der Waals surface area contributed by atoms with Crippen molar-refractivity contribution in [3.05, 3.63) is 60.2 Å². The highest BCUT2D eigenvalue weighted by atomic mass is 16.5. The molecule has 0 saturated carbocycles. The second-order valence-electron chi connectivity index (χ2n) is 5.01. The highest BCUT2D eigenvalue weighted by molar-refractivity contribution is 6.58. The molecule has 0 bridgehead atoms. The molecule has 110 valence electrons. The molecule has 0 unspecified atom stereocenters. The average molecular weight is 285 g/mol. The van der Waals surface area contributed by atoms with Crippen molar-refractivity contribution in [1.29, 1.82) is 0 Å². The zero-order valence-corrected chi connectivity index (χ0v) is 12.1. The predicted octanol–water partition coefficient (Wildman–Crippen LogP) is 0.877. The van der Waals surface area contributed by atoms with Crippen LogP contribution in [0.25, 0.3) is 0 Å². The van der Waals surface area contributed by atoms with Gasteiger partial charge in [0.05, 0.1) is 0 Å². The summed E-state index contributed by atoms with van der Waals surface area (Å²) < 4.78 is 5.64. The topological polar surface area (TPSA) is 52.9 Å². The van der Waals surface area contributed by atoms with Crippen LogP contribution in [-0.2, 0) is 6.54 Å². The van der Waals surface area contributed by atoms with E-state index in [2.05, 4.69) is 24.1 Å². The van der Waals surface area contributed by atoms with Gasteiger partial charge in [0.15, 0.2) is 0 Å². The fourth-order valence-electron chi connectivity index (χ4n) is 2.03. The summed E-state index contributed by atoms with van der Waals surface area (Å²) in [6.07, 6.45) is 0. The van der Waals surface area contributed by atoms with Crippen LogP contribution >= 0.6 is 0 Å². The Bertz CT molecular complexity index is 531. The van der Waals surface area contributed by atoms with Crippen molar-refractivity contribution in [3.63, 3.8) is 0 Å². The van der Waals surface area contributed by atoms with Crippen LogP contribution in [0.3, 0.4) is 0 Å². The Balaban J connectivity index is 1.73. The van der Waals surface area contributed by atoms with Crippen molar-refractivity contribution in [2.45, 2.75) is 6.54 Å². The van der Waals surface area contributed by atoms with Crippen molar-refractivity contribution in [3.8, 4) is 5.75 Å². The molecule has 0 fully saturated rings. The Kier molecular flexibility index (Phi) is 5.81. The van der Waals surface area contributed by atoms with E-state index < -0.39 is 7.12 Å². The van der Waals surface area contributed by atoms with Gasteiger partial charge in [0.1, 0.15) is 12.4 Å². The molecule has 21 heavy (non-hydrogen) atoms. The molecular formula is C16H20BNO3. The lowest BCUT2D eigenvalue weighted by Gasteiger charge is -2.17. The normalized spacial score (nSPS) is 10.7. The largest absolute Gasteiger partial charge is 0.492 e. The smallest absolute Gasteiger partial charge is 0.488 e. The molecule has 4 nitrogen and oxygen atoms in total. The molecular weight excluding hydrogens is 265 g/mol. The summed E-state index contributed by atoms with van der Waals surface area (Å²) in [5.74, 6) is 0.729. The third kappa shape index (κ3) is 5.23. The average Bonchev–Trinajstić information content (AvgIpc) is 2.49. The lowest BCUT2D eigenvalue weighted by Crippen LogP contribution is -2.29. The van der Waals surface area contributed by atoms with Crippen molar-refractivity contribution in [2.24, 2.45) is 0 Å². The third-order valence-electron chi connectivity index (χ3n) is 3.22. The molecule has 0 aromatic heterocycles. The van der Waals surface area contributed by atoms with Gasteiger partial charge >= 0.3 is 7.12 Å². The maximum atomic E-state index is 9.01. The number of hydrogen-bond donors (Lipinski definition) is 2. The molecule has 0 radical (unpaired) electrons. The van der Waals surface area contributed by atoms with Gasteiger partial charge in [-0.2, -0.15) is 0 Å². The maximum absolute atomic E-state index is 9.01. The minimum atomic E-state index is -1.43. The number of nitrogens with zero attached hydrogens (tertiary/aromatic N) is 1. The first-order chi connectivity index (χ1) is 10.1. The van der Waals surface area contributed by atoms with Crippen LogP contribution < -0.4 is 10.2 Å². The molecule has 0 aliphatic carbocycles. The quantitative estimate of drug-likeness (QED) is 0.741. The van der Waals surface area contributed by atoms with Crippen LogP contribution in [0.15, 0.2) is 54.6 Å². The van der Waals surface area contributed by atoms with Gasteiger partial charge in [-0.3, -0.25) is 4.90 Å². The van der Waals surface area contributed by atoms with Crippen molar-refractivity contribution in [2.75, 3.05) is 20.2 Å². The van der Waals surface area contributed by atoms with Gasteiger partial charge in [-0.1, -0.05) is 42.5 Å². The summed E-state index contributed by atoms with van der Waals surface area (Å²) in [5.41, 5.74) is 1.74. The minimum absolute atomic E-state index is 0.462. The lowest BCUT2D eigenvalue weighted by atomic mass is 9.80. The number of ether oxygens (including phenoxy) is 1. The summed E-state index contributed by atoms with van der Waals surface area (Å²) in [4.78, 5) is 2.20. The van der Waals surface area contributed by atoms with E-state index in [9.17, 15) is 0 Å². The maximum Gasteiger partial charge on any atom is 0.488 e. The number of benzene rings is 2. The van der Waals surface area contributed by atoms with Crippen molar-refractivity contribution >= 4 is 12.6 Å². The number of likely N-dealkylation sites (N-methyl/N-ethyl adjacent to an activating group) is 1. The Morgan fingerprint density at radius 3 is 2.29 bits per heavy atom. The highest BCUT2D eigenvalue weighted by Gasteiger charge is 2.09. The molecule has 2 aromatic rings. The second kappa shape index (κ2) is 7.83.